The SMILES string of the molecule is O=C(NCC1CC1)C1Cc2nc[nH]c2CN1. The fourth-order valence-electron chi connectivity index (χ4n) is 2.04. The summed E-state index contributed by atoms with van der Waals surface area (Å²) in [7, 11) is 0. The van der Waals surface area contributed by atoms with E-state index >= 15 is 0 Å². The van der Waals surface area contributed by atoms with Gasteiger partial charge in [0.05, 0.1) is 23.8 Å². The van der Waals surface area contributed by atoms with E-state index < -0.39 is 0 Å². The highest BCUT2D eigenvalue weighted by molar-refractivity contribution is 5.82. The quantitative estimate of drug-likeness (QED) is 0.669. The molecule has 86 valence electrons. The van der Waals surface area contributed by atoms with E-state index in [0.29, 0.717) is 13.0 Å². The Bertz CT molecular complexity index is 396. The zero-order valence-electron chi connectivity index (χ0n) is 9.12. The van der Waals surface area contributed by atoms with Crippen molar-refractivity contribution >= 4 is 5.91 Å². The van der Waals surface area contributed by atoms with Gasteiger partial charge in [0, 0.05) is 19.5 Å². The second-order valence-corrected chi connectivity index (χ2v) is 4.65. The monoisotopic (exact) mass is 220 g/mol. The first-order valence-corrected chi connectivity index (χ1v) is 5.85. The Kier molecular flexibility index (Phi) is 2.40. The van der Waals surface area contributed by atoms with Crippen LogP contribution in [-0.4, -0.2) is 28.5 Å². The highest BCUT2D eigenvalue weighted by Gasteiger charge is 2.27. The highest BCUT2D eigenvalue weighted by atomic mass is 16.2. The van der Waals surface area contributed by atoms with Gasteiger partial charge in [0.1, 0.15) is 0 Å². The van der Waals surface area contributed by atoms with Crippen LogP contribution in [0.3, 0.4) is 0 Å². The molecule has 0 radical (unpaired) electrons. The van der Waals surface area contributed by atoms with E-state index in [0.717, 1.165) is 23.9 Å². The number of imidazole rings is 1. The standard InChI is InChI=1S/C11H16N4O/c16-11(13-4-7-1-2-7)9-3-8-10(5-12-9)15-6-14-8/h6-7,9,12H,1-5H2,(H,13,16)(H,14,15). The zero-order valence-corrected chi connectivity index (χ0v) is 9.12. The largest absolute Gasteiger partial charge is 0.354 e. The van der Waals surface area contributed by atoms with E-state index in [4.69, 9.17) is 0 Å². The molecule has 3 N–H and O–H groups in total. The van der Waals surface area contributed by atoms with Crippen molar-refractivity contribution in [2.75, 3.05) is 6.54 Å². The summed E-state index contributed by atoms with van der Waals surface area (Å²) in [4.78, 5) is 19.1. The van der Waals surface area contributed by atoms with Crippen molar-refractivity contribution in [3.8, 4) is 0 Å². The van der Waals surface area contributed by atoms with Crippen LogP contribution in [0.1, 0.15) is 24.2 Å². The Morgan fingerprint density at radius 3 is 3.25 bits per heavy atom. The third kappa shape index (κ3) is 1.95. The number of hydrogen-bond donors (Lipinski definition) is 3. The van der Waals surface area contributed by atoms with Crippen molar-refractivity contribution in [3.63, 3.8) is 0 Å². The van der Waals surface area contributed by atoms with Gasteiger partial charge in [-0.05, 0) is 18.8 Å². The van der Waals surface area contributed by atoms with Gasteiger partial charge >= 0.3 is 0 Å². The minimum Gasteiger partial charge on any atom is -0.354 e. The van der Waals surface area contributed by atoms with E-state index in [1.165, 1.54) is 12.8 Å². The summed E-state index contributed by atoms with van der Waals surface area (Å²) >= 11 is 0. The lowest BCUT2D eigenvalue weighted by molar-refractivity contribution is -0.123. The molecule has 5 nitrogen and oxygen atoms in total. The van der Waals surface area contributed by atoms with E-state index in [-0.39, 0.29) is 11.9 Å². The van der Waals surface area contributed by atoms with Crippen LogP contribution in [-0.2, 0) is 17.8 Å². The van der Waals surface area contributed by atoms with Gasteiger partial charge in [-0.25, -0.2) is 4.98 Å². The van der Waals surface area contributed by atoms with Gasteiger partial charge in [0.25, 0.3) is 0 Å². The fraction of sp³-hybridized carbons (Fsp3) is 0.636. The van der Waals surface area contributed by atoms with Gasteiger partial charge in [-0.15, -0.1) is 0 Å². The highest BCUT2D eigenvalue weighted by Crippen LogP contribution is 2.27. The number of fused-ring (bicyclic) bond motifs is 1. The molecular weight excluding hydrogens is 204 g/mol. The molecule has 1 aliphatic carbocycles. The number of nitrogens with zero attached hydrogens (tertiary/aromatic N) is 1. The molecule has 2 aliphatic rings. The van der Waals surface area contributed by atoms with Gasteiger partial charge in [-0.3, -0.25) is 10.1 Å². The zero-order chi connectivity index (χ0) is 11.0. The van der Waals surface area contributed by atoms with Crippen LogP contribution in [0.2, 0.25) is 0 Å². The second-order valence-electron chi connectivity index (χ2n) is 4.65. The first-order chi connectivity index (χ1) is 7.83. The molecule has 1 saturated carbocycles. The first-order valence-electron chi connectivity index (χ1n) is 5.85. The van der Waals surface area contributed by atoms with Crippen LogP contribution in [0.5, 0.6) is 0 Å². The Balaban J connectivity index is 1.57. The maximum atomic E-state index is 11.9. The van der Waals surface area contributed by atoms with Crippen molar-refractivity contribution < 1.29 is 4.79 Å². The molecule has 1 unspecified atom stereocenters. The maximum absolute atomic E-state index is 11.9. The predicted molar refractivity (Wildman–Crippen MR) is 58.7 cm³/mol. The summed E-state index contributed by atoms with van der Waals surface area (Å²) in [6.07, 6.45) is 4.91. The number of carbonyl (C=O) groups is 1. The summed E-state index contributed by atoms with van der Waals surface area (Å²) in [5.41, 5.74) is 2.12. The van der Waals surface area contributed by atoms with E-state index in [2.05, 4.69) is 20.6 Å². The van der Waals surface area contributed by atoms with Crippen LogP contribution in [0.25, 0.3) is 0 Å². The van der Waals surface area contributed by atoms with Crippen LogP contribution >= 0.6 is 0 Å². The van der Waals surface area contributed by atoms with E-state index in [1.54, 1.807) is 6.33 Å². The number of carbonyl (C=O) groups excluding carboxylic acids is 1. The molecule has 2 heterocycles. The van der Waals surface area contributed by atoms with Crippen LogP contribution in [0.15, 0.2) is 6.33 Å². The molecule has 3 rings (SSSR count). The van der Waals surface area contributed by atoms with Crippen molar-refractivity contribution in [1.29, 1.82) is 0 Å². The van der Waals surface area contributed by atoms with Crippen molar-refractivity contribution in [3.05, 3.63) is 17.7 Å². The minimum absolute atomic E-state index is 0.112. The van der Waals surface area contributed by atoms with Crippen molar-refractivity contribution in [1.82, 2.24) is 20.6 Å². The van der Waals surface area contributed by atoms with Crippen LogP contribution < -0.4 is 10.6 Å². The summed E-state index contributed by atoms with van der Waals surface area (Å²) in [5, 5.41) is 6.22. The lowest BCUT2D eigenvalue weighted by Gasteiger charge is -2.22. The number of aromatic amines is 1. The third-order valence-electron chi connectivity index (χ3n) is 3.31. The number of rotatable bonds is 3. The van der Waals surface area contributed by atoms with Gasteiger partial charge in [-0.1, -0.05) is 0 Å². The molecule has 1 aromatic rings. The molecular formula is C11H16N4O. The van der Waals surface area contributed by atoms with E-state index in [9.17, 15) is 4.79 Å². The number of H-pyrrole nitrogens is 1. The molecule has 16 heavy (non-hydrogen) atoms. The number of hydrogen-bond acceptors (Lipinski definition) is 3. The Morgan fingerprint density at radius 2 is 2.44 bits per heavy atom. The van der Waals surface area contributed by atoms with Gasteiger partial charge in [0.2, 0.25) is 5.91 Å². The summed E-state index contributed by atoms with van der Waals surface area (Å²) < 4.78 is 0. The Morgan fingerprint density at radius 1 is 1.56 bits per heavy atom. The molecule has 0 aromatic carbocycles. The van der Waals surface area contributed by atoms with Crippen LogP contribution in [0, 0.1) is 5.92 Å². The lowest BCUT2D eigenvalue weighted by Crippen LogP contribution is -2.48. The van der Waals surface area contributed by atoms with Gasteiger partial charge < -0.3 is 10.3 Å². The van der Waals surface area contributed by atoms with Crippen molar-refractivity contribution in [2.45, 2.75) is 31.8 Å². The van der Waals surface area contributed by atoms with Gasteiger partial charge in [-0.2, -0.15) is 0 Å². The average Bonchev–Trinajstić information content (AvgIpc) is 3.01. The number of amides is 1. The maximum Gasteiger partial charge on any atom is 0.237 e. The predicted octanol–water partition coefficient (Wildman–Crippen LogP) is -0.0498. The molecule has 0 spiro atoms. The molecule has 0 bridgehead atoms. The second kappa shape index (κ2) is 3.90. The fourth-order valence-corrected chi connectivity index (χ4v) is 2.04. The molecule has 1 fully saturated rings. The summed E-state index contributed by atoms with van der Waals surface area (Å²) in [5.74, 6) is 0.842. The minimum atomic E-state index is -0.116. The molecule has 1 amide bonds. The average molecular weight is 220 g/mol. The molecule has 1 aromatic heterocycles. The molecule has 1 atom stereocenters. The number of nitrogens with one attached hydrogen (secondary N) is 3. The van der Waals surface area contributed by atoms with Gasteiger partial charge in [0.15, 0.2) is 0 Å². The topological polar surface area (TPSA) is 69.8 Å². The molecule has 1 aliphatic heterocycles. The smallest absolute Gasteiger partial charge is 0.237 e. The first kappa shape index (κ1) is 9.84. The Hall–Kier alpha value is -1.36. The normalized spacial score (nSPS) is 23.9. The Labute approximate surface area is 94.0 Å². The third-order valence-corrected chi connectivity index (χ3v) is 3.31. The van der Waals surface area contributed by atoms with Crippen molar-refractivity contribution in [2.24, 2.45) is 5.92 Å². The lowest BCUT2D eigenvalue weighted by atomic mass is 10.0. The molecule has 0 saturated heterocycles. The number of aromatic nitrogens is 2. The van der Waals surface area contributed by atoms with Crippen LogP contribution in [0.4, 0.5) is 0 Å². The molecule has 5 heteroatoms. The summed E-state index contributed by atoms with van der Waals surface area (Å²) in [6, 6.07) is -0.116. The van der Waals surface area contributed by atoms with E-state index in [1.807, 2.05) is 0 Å². The summed E-state index contributed by atoms with van der Waals surface area (Å²) in [6.45, 7) is 1.54.